The fourth-order valence-electron chi connectivity index (χ4n) is 1.52. The monoisotopic (exact) mass is 245 g/mol. The van der Waals surface area contributed by atoms with Gasteiger partial charge in [0.25, 0.3) is 5.56 Å². The van der Waals surface area contributed by atoms with Crippen LogP contribution in [0.5, 0.6) is 0 Å². The molecule has 0 aliphatic carbocycles. The summed E-state index contributed by atoms with van der Waals surface area (Å²) < 4.78 is 0. The zero-order valence-electron chi connectivity index (χ0n) is 9.38. The summed E-state index contributed by atoms with van der Waals surface area (Å²) in [5.74, 6) is 0. The number of amides is 1. The number of H-pyrrole nitrogens is 1. The molecule has 92 valence electrons. The van der Waals surface area contributed by atoms with Crippen LogP contribution in [-0.2, 0) is 6.54 Å². The van der Waals surface area contributed by atoms with Gasteiger partial charge in [-0.1, -0.05) is 18.2 Å². The Balaban J connectivity index is 2.23. The average Bonchev–Trinajstić information content (AvgIpc) is 2.37. The summed E-state index contributed by atoms with van der Waals surface area (Å²) in [6.45, 7) is 0.229. The number of aromatic nitrogens is 2. The van der Waals surface area contributed by atoms with Crippen LogP contribution in [0.3, 0.4) is 0 Å². The Labute approximate surface area is 102 Å². The van der Waals surface area contributed by atoms with Crippen molar-refractivity contribution in [3.63, 3.8) is 0 Å². The van der Waals surface area contributed by atoms with Gasteiger partial charge in [0.2, 0.25) is 0 Å². The highest BCUT2D eigenvalue weighted by Crippen LogP contribution is 2.16. The van der Waals surface area contributed by atoms with Crippen LogP contribution in [0.15, 0.2) is 41.2 Å². The van der Waals surface area contributed by atoms with Crippen LogP contribution in [0.4, 0.5) is 4.79 Å². The van der Waals surface area contributed by atoms with Crippen molar-refractivity contribution in [2.75, 3.05) is 0 Å². The van der Waals surface area contributed by atoms with Gasteiger partial charge in [-0.25, -0.2) is 9.89 Å². The van der Waals surface area contributed by atoms with Crippen molar-refractivity contribution in [1.82, 2.24) is 15.5 Å². The van der Waals surface area contributed by atoms with Crippen LogP contribution in [-0.4, -0.2) is 21.4 Å². The van der Waals surface area contributed by atoms with E-state index < -0.39 is 6.09 Å². The Hall–Kier alpha value is -2.63. The SMILES string of the molecule is O=C(O)NCc1cccc(-c2ccc(=O)[nH]n2)c1. The van der Waals surface area contributed by atoms with Crippen molar-refractivity contribution in [2.45, 2.75) is 6.54 Å². The molecule has 0 saturated carbocycles. The normalized spacial score (nSPS) is 10.0. The topological polar surface area (TPSA) is 95.1 Å². The Kier molecular flexibility index (Phi) is 3.38. The molecule has 2 aromatic rings. The summed E-state index contributed by atoms with van der Waals surface area (Å²) in [5, 5.41) is 17.1. The predicted molar refractivity (Wildman–Crippen MR) is 65.2 cm³/mol. The van der Waals surface area contributed by atoms with E-state index in [9.17, 15) is 9.59 Å². The maximum absolute atomic E-state index is 10.9. The molecular formula is C12H11N3O3. The molecule has 0 atom stereocenters. The number of carboxylic acid groups (broad SMARTS) is 1. The van der Waals surface area contributed by atoms with E-state index in [0.717, 1.165) is 11.1 Å². The van der Waals surface area contributed by atoms with Gasteiger partial charge in [0.15, 0.2) is 0 Å². The molecule has 2 rings (SSSR count). The predicted octanol–water partition coefficient (Wildman–Crippen LogP) is 1.20. The van der Waals surface area contributed by atoms with Crippen molar-refractivity contribution < 1.29 is 9.90 Å². The number of hydrogen-bond donors (Lipinski definition) is 3. The summed E-state index contributed by atoms with van der Waals surface area (Å²) in [6.07, 6.45) is -1.07. The molecule has 0 aliphatic heterocycles. The van der Waals surface area contributed by atoms with E-state index in [2.05, 4.69) is 15.5 Å². The van der Waals surface area contributed by atoms with E-state index in [1.54, 1.807) is 12.1 Å². The van der Waals surface area contributed by atoms with E-state index in [4.69, 9.17) is 5.11 Å². The second-order valence-electron chi connectivity index (χ2n) is 3.67. The van der Waals surface area contributed by atoms with Crippen molar-refractivity contribution in [2.24, 2.45) is 0 Å². The molecule has 0 radical (unpaired) electrons. The number of nitrogens with zero attached hydrogens (tertiary/aromatic N) is 1. The van der Waals surface area contributed by atoms with Crippen molar-refractivity contribution >= 4 is 6.09 Å². The van der Waals surface area contributed by atoms with E-state index >= 15 is 0 Å². The largest absolute Gasteiger partial charge is 0.465 e. The number of hydrogen-bond acceptors (Lipinski definition) is 3. The van der Waals surface area contributed by atoms with Crippen molar-refractivity contribution in [1.29, 1.82) is 0 Å². The molecular weight excluding hydrogens is 234 g/mol. The first kappa shape index (κ1) is 11.8. The minimum absolute atomic E-state index is 0.229. The summed E-state index contributed by atoms with van der Waals surface area (Å²) in [4.78, 5) is 21.3. The third-order valence-electron chi connectivity index (χ3n) is 2.35. The first-order chi connectivity index (χ1) is 8.65. The van der Waals surface area contributed by atoms with Gasteiger partial charge in [0.1, 0.15) is 0 Å². The highest BCUT2D eigenvalue weighted by molar-refractivity contribution is 5.65. The smallest absolute Gasteiger partial charge is 0.404 e. The van der Waals surface area contributed by atoms with Gasteiger partial charge in [0.05, 0.1) is 5.69 Å². The van der Waals surface area contributed by atoms with Crippen molar-refractivity contribution in [3.05, 3.63) is 52.3 Å². The quantitative estimate of drug-likeness (QED) is 0.757. The summed E-state index contributed by atoms with van der Waals surface area (Å²) in [5.41, 5.74) is 2.01. The Bertz CT molecular complexity index is 601. The van der Waals surface area contributed by atoms with E-state index in [0.29, 0.717) is 5.69 Å². The average molecular weight is 245 g/mol. The number of carbonyl (C=O) groups is 1. The molecule has 0 fully saturated rings. The molecule has 0 spiro atoms. The fraction of sp³-hybridized carbons (Fsp3) is 0.0833. The minimum Gasteiger partial charge on any atom is -0.465 e. The number of benzene rings is 1. The highest BCUT2D eigenvalue weighted by atomic mass is 16.4. The number of nitrogens with one attached hydrogen (secondary N) is 2. The van der Waals surface area contributed by atoms with E-state index in [-0.39, 0.29) is 12.1 Å². The summed E-state index contributed by atoms with van der Waals surface area (Å²) in [6, 6.07) is 10.3. The molecule has 0 aliphatic rings. The highest BCUT2D eigenvalue weighted by Gasteiger charge is 2.02. The van der Waals surface area contributed by atoms with Gasteiger partial charge in [-0.2, -0.15) is 5.10 Å². The Morgan fingerprint density at radius 1 is 1.33 bits per heavy atom. The first-order valence-corrected chi connectivity index (χ1v) is 5.27. The lowest BCUT2D eigenvalue weighted by atomic mass is 10.1. The molecule has 1 aromatic heterocycles. The summed E-state index contributed by atoms with van der Waals surface area (Å²) in [7, 11) is 0. The molecule has 1 aromatic carbocycles. The van der Waals surface area contributed by atoms with E-state index in [1.165, 1.54) is 6.07 Å². The molecule has 6 heteroatoms. The van der Waals surface area contributed by atoms with Crippen LogP contribution in [0.1, 0.15) is 5.56 Å². The number of aromatic amines is 1. The second kappa shape index (κ2) is 5.13. The van der Waals surface area contributed by atoms with Gasteiger partial charge in [-0.05, 0) is 17.7 Å². The first-order valence-electron chi connectivity index (χ1n) is 5.27. The zero-order chi connectivity index (χ0) is 13.0. The van der Waals surface area contributed by atoms with Crippen molar-refractivity contribution in [3.8, 4) is 11.3 Å². The zero-order valence-corrected chi connectivity index (χ0v) is 9.38. The number of rotatable bonds is 3. The maximum Gasteiger partial charge on any atom is 0.404 e. The second-order valence-corrected chi connectivity index (χ2v) is 3.67. The van der Waals surface area contributed by atoms with Gasteiger partial charge in [-0.15, -0.1) is 0 Å². The summed E-state index contributed by atoms with van der Waals surface area (Å²) >= 11 is 0. The minimum atomic E-state index is -1.07. The molecule has 0 unspecified atom stereocenters. The lowest BCUT2D eigenvalue weighted by Gasteiger charge is -2.04. The van der Waals surface area contributed by atoms with Crippen LogP contribution < -0.4 is 10.9 Å². The van der Waals surface area contributed by atoms with Gasteiger partial charge in [0, 0.05) is 18.2 Å². The van der Waals surface area contributed by atoms with Gasteiger partial charge < -0.3 is 10.4 Å². The van der Waals surface area contributed by atoms with Crippen LogP contribution in [0.2, 0.25) is 0 Å². The van der Waals surface area contributed by atoms with E-state index in [1.807, 2.05) is 18.2 Å². The lowest BCUT2D eigenvalue weighted by molar-refractivity contribution is 0.194. The molecule has 0 saturated heterocycles. The van der Waals surface area contributed by atoms with Gasteiger partial charge >= 0.3 is 6.09 Å². The van der Waals surface area contributed by atoms with Crippen LogP contribution in [0.25, 0.3) is 11.3 Å². The fourth-order valence-corrected chi connectivity index (χ4v) is 1.52. The third kappa shape index (κ3) is 2.94. The Morgan fingerprint density at radius 2 is 2.17 bits per heavy atom. The molecule has 0 bridgehead atoms. The van der Waals surface area contributed by atoms with Crippen LogP contribution >= 0.6 is 0 Å². The Morgan fingerprint density at radius 3 is 2.83 bits per heavy atom. The molecule has 3 N–H and O–H groups in total. The molecule has 1 heterocycles. The molecule has 18 heavy (non-hydrogen) atoms. The third-order valence-corrected chi connectivity index (χ3v) is 2.35. The molecule has 1 amide bonds. The maximum atomic E-state index is 10.9. The molecule has 6 nitrogen and oxygen atoms in total. The van der Waals surface area contributed by atoms with Gasteiger partial charge in [-0.3, -0.25) is 4.79 Å². The standard InChI is InChI=1S/C12H11N3O3/c16-11-5-4-10(14-15-11)9-3-1-2-8(6-9)7-13-12(17)18/h1-6,13H,7H2,(H,15,16)(H,17,18). The lowest BCUT2D eigenvalue weighted by Crippen LogP contribution is -2.19. The van der Waals surface area contributed by atoms with Crippen LogP contribution in [0, 0.1) is 0 Å².